The molecule has 1 aromatic carbocycles. The summed E-state index contributed by atoms with van der Waals surface area (Å²) in [7, 11) is 0. The van der Waals surface area contributed by atoms with Gasteiger partial charge in [0, 0.05) is 31.2 Å². The fourth-order valence-corrected chi connectivity index (χ4v) is 3.80. The molecular formula is C17H20ClNO4. The number of Topliss-reactive ketones (excluding diaryl/α,β-unsaturated/α-hetero) is 1. The van der Waals surface area contributed by atoms with Crippen LogP contribution in [0.5, 0.6) is 11.5 Å². The molecular weight excluding hydrogens is 318 g/mol. The average molecular weight is 338 g/mol. The Labute approximate surface area is 140 Å². The molecule has 124 valence electrons. The maximum absolute atomic E-state index is 11.7. The molecule has 0 aromatic heterocycles. The molecule has 0 bridgehead atoms. The van der Waals surface area contributed by atoms with E-state index in [1.54, 1.807) is 13.8 Å². The molecule has 0 radical (unpaired) electrons. The molecule has 1 saturated carbocycles. The molecule has 1 aliphatic carbocycles. The summed E-state index contributed by atoms with van der Waals surface area (Å²) in [5, 5.41) is 0.356. The summed E-state index contributed by atoms with van der Waals surface area (Å²) in [6.07, 6.45) is 2.53. The van der Waals surface area contributed by atoms with Crippen molar-refractivity contribution in [3.63, 3.8) is 0 Å². The number of primary amides is 1. The fraction of sp³-hybridized carbons (Fsp3) is 0.529. The van der Waals surface area contributed by atoms with Gasteiger partial charge < -0.3 is 15.2 Å². The molecule has 5 nitrogen and oxygen atoms in total. The molecule has 2 N–H and O–H groups in total. The minimum Gasteiger partial charge on any atom is -0.448 e. The topological polar surface area (TPSA) is 78.6 Å². The highest BCUT2D eigenvalue weighted by atomic mass is 35.5. The number of hydrogen-bond donors (Lipinski definition) is 1. The van der Waals surface area contributed by atoms with Gasteiger partial charge in [-0.2, -0.15) is 0 Å². The number of rotatable bonds is 2. The summed E-state index contributed by atoms with van der Waals surface area (Å²) in [5.74, 6) is -0.0907. The summed E-state index contributed by atoms with van der Waals surface area (Å²) >= 11 is 6.38. The van der Waals surface area contributed by atoms with Crippen LogP contribution in [0.15, 0.2) is 0 Å². The summed E-state index contributed by atoms with van der Waals surface area (Å²) < 4.78 is 12.2. The third-order valence-electron chi connectivity index (χ3n) is 4.97. The zero-order valence-corrected chi connectivity index (χ0v) is 14.3. The Kier molecular flexibility index (Phi) is 3.79. The van der Waals surface area contributed by atoms with Gasteiger partial charge in [-0.25, -0.2) is 0 Å². The number of amides is 1. The monoisotopic (exact) mass is 337 g/mol. The van der Waals surface area contributed by atoms with Crippen LogP contribution in [0.4, 0.5) is 0 Å². The molecule has 1 aromatic rings. The first-order chi connectivity index (χ1) is 10.7. The highest BCUT2D eigenvalue weighted by molar-refractivity contribution is 6.33. The quantitative estimate of drug-likeness (QED) is 0.898. The van der Waals surface area contributed by atoms with E-state index in [2.05, 4.69) is 0 Å². The Morgan fingerprint density at radius 2 is 1.74 bits per heavy atom. The number of carbonyl (C=O) groups excluding carboxylic acids is 2. The largest absolute Gasteiger partial charge is 0.448 e. The zero-order chi connectivity index (χ0) is 16.9. The van der Waals surface area contributed by atoms with Gasteiger partial charge in [-0.1, -0.05) is 11.6 Å². The molecule has 1 aliphatic heterocycles. The third-order valence-corrected chi connectivity index (χ3v) is 5.42. The lowest BCUT2D eigenvalue weighted by molar-refractivity contribution is -0.135. The molecule has 1 atom stereocenters. The van der Waals surface area contributed by atoms with E-state index in [-0.39, 0.29) is 11.7 Å². The number of carbonyl (C=O) groups is 2. The van der Waals surface area contributed by atoms with Crippen LogP contribution in [-0.2, 0) is 4.79 Å². The van der Waals surface area contributed by atoms with Crippen molar-refractivity contribution >= 4 is 23.3 Å². The van der Waals surface area contributed by atoms with Gasteiger partial charge in [0.2, 0.25) is 5.91 Å². The fourth-order valence-electron chi connectivity index (χ4n) is 3.59. The highest BCUT2D eigenvalue weighted by Gasteiger charge is 2.47. The van der Waals surface area contributed by atoms with E-state index in [1.807, 2.05) is 6.92 Å². The Morgan fingerprint density at radius 1 is 1.17 bits per heavy atom. The van der Waals surface area contributed by atoms with E-state index in [0.29, 0.717) is 46.1 Å². The molecule has 0 unspecified atom stereocenters. The van der Waals surface area contributed by atoms with E-state index in [9.17, 15) is 9.59 Å². The maximum atomic E-state index is 11.7. The highest BCUT2D eigenvalue weighted by Crippen LogP contribution is 2.52. The molecule has 0 spiro atoms. The second-order valence-electron chi connectivity index (χ2n) is 6.49. The Balaban J connectivity index is 2.00. The van der Waals surface area contributed by atoms with Crippen molar-refractivity contribution in [2.75, 3.05) is 0 Å². The second-order valence-corrected chi connectivity index (χ2v) is 6.87. The van der Waals surface area contributed by atoms with Crippen molar-refractivity contribution in [3.8, 4) is 11.5 Å². The van der Waals surface area contributed by atoms with Crippen LogP contribution in [0.2, 0.25) is 5.02 Å². The van der Waals surface area contributed by atoms with Crippen molar-refractivity contribution in [3.05, 3.63) is 21.7 Å². The molecule has 1 amide bonds. The van der Waals surface area contributed by atoms with Crippen LogP contribution in [0.1, 0.15) is 54.1 Å². The van der Waals surface area contributed by atoms with Crippen LogP contribution >= 0.6 is 11.6 Å². The number of benzene rings is 1. The number of ketones is 1. The van der Waals surface area contributed by atoms with Gasteiger partial charge in [-0.3, -0.25) is 9.59 Å². The minimum absolute atomic E-state index is 0.0976. The number of fused-ring (bicyclic) bond motifs is 1. The summed E-state index contributed by atoms with van der Waals surface area (Å²) in [4.78, 5) is 23.2. The zero-order valence-electron chi connectivity index (χ0n) is 13.5. The first-order valence-electron chi connectivity index (χ1n) is 7.76. The van der Waals surface area contributed by atoms with Crippen molar-refractivity contribution < 1.29 is 19.1 Å². The van der Waals surface area contributed by atoms with E-state index in [4.69, 9.17) is 26.8 Å². The summed E-state index contributed by atoms with van der Waals surface area (Å²) in [6.45, 7) is 5.39. The molecule has 1 fully saturated rings. The van der Waals surface area contributed by atoms with E-state index in [0.717, 1.165) is 12.8 Å². The number of hydrogen-bond acceptors (Lipinski definition) is 4. The van der Waals surface area contributed by atoms with Gasteiger partial charge in [-0.15, -0.1) is 0 Å². The average Bonchev–Trinajstić information content (AvgIpc) is 2.85. The first-order valence-corrected chi connectivity index (χ1v) is 8.14. The molecule has 6 heteroatoms. The van der Waals surface area contributed by atoms with E-state index >= 15 is 0 Å². The molecule has 0 saturated heterocycles. The minimum atomic E-state index is -0.875. The van der Waals surface area contributed by atoms with Gasteiger partial charge >= 0.3 is 0 Å². The Hall–Kier alpha value is -1.75. The molecule has 23 heavy (non-hydrogen) atoms. The van der Waals surface area contributed by atoms with Crippen molar-refractivity contribution in [2.24, 2.45) is 11.7 Å². The SMILES string of the molecule is Cc1c(Cl)c2c(c(C)c1C(N)=O)O[C@@](C)(C1CCC(=O)CC1)O2. The normalized spacial score (nSPS) is 24.1. The number of nitrogens with two attached hydrogens (primary N) is 1. The predicted molar refractivity (Wildman–Crippen MR) is 86.1 cm³/mol. The lowest BCUT2D eigenvalue weighted by atomic mass is 9.83. The van der Waals surface area contributed by atoms with Gasteiger partial charge in [0.1, 0.15) is 5.78 Å². The number of ether oxygens (including phenoxy) is 2. The van der Waals surface area contributed by atoms with Crippen LogP contribution in [0, 0.1) is 19.8 Å². The van der Waals surface area contributed by atoms with Crippen LogP contribution in [-0.4, -0.2) is 17.5 Å². The lowest BCUT2D eigenvalue weighted by Gasteiger charge is -2.34. The predicted octanol–water partition coefficient (Wildman–Crippen LogP) is 3.30. The molecule has 1 heterocycles. The molecule has 2 aliphatic rings. The maximum Gasteiger partial charge on any atom is 0.251 e. The van der Waals surface area contributed by atoms with Crippen molar-refractivity contribution in [2.45, 2.75) is 52.2 Å². The summed E-state index contributed by atoms with van der Waals surface area (Å²) in [6, 6.07) is 0. The van der Waals surface area contributed by atoms with Gasteiger partial charge in [-0.05, 0) is 32.3 Å². The number of halogens is 1. The van der Waals surface area contributed by atoms with Gasteiger partial charge in [0.15, 0.2) is 11.5 Å². The van der Waals surface area contributed by atoms with E-state index in [1.165, 1.54) is 0 Å². The van der Waals surface area contributed by atoms with Gasteiger partial charge in [0.25, 0.3) is 5.79 Å². The van der Waals surface area contributed by atoms with Crippen LogP contribution in [0.25, 0.3) is 0 Å². The lowest BCUT2D eigenvalue weighted by Crippen LogP contribution is -2.44. The van der Waals surface area contributed by atoms with Crippen molar-refractivity contribution in [1.29, 1.82) is 0 Å². The van der Waals surface area contributed by atoms with Crippen LogP contribution < -0.4 is 15.2 Å². The first kappa shape index (κ1) is 16.1. The van der Waals surface area contributed by atoms with E-state index < -0.39 is 11.7 Å². The Bertz CT molecular complexity index is 705. The smallest absolute Gasteiger partial charge is 0.251 e. The molecule has 3 rings (SSSR count). The van der Waals surface area contributed by atoms with Gasteiger partial charge in [0.05, 0.1) is 10.6 Å². The second kappa shape index (κ2) is 5.41. The third kappa shape index (κ3) is 2.47. The Morgan fingerprint density at radius 3 is 2.30 bits per heavy atom. The summed E-state index contributed by atoms with van der Waals surface area (Å²) in [5.41, 5.74) is 7.09. The van der Waals surface area contributed by atoms with Crippen molar-refractivity contribution in [1.82, 2.24) is 0 Å². The van der Waals surface area contributed by atoms with Crippen LogP contribution in [0.3, 0.4) is 0 Å². The standard InChI is InChI=1S/C17H20ClNO4/c1-8-12(16(19)21)9(2)14-15(13(8)18)23-17(3,22-14)10-4-6-11(20)7-5-10/h10H,4-7H2,1-3H3,(H2,19,21)/t17-/m1/s1.